The smallest absolute Gasteiger partial charge is 0.226 e. The second-order valence-corrected chi connectivity index (χ2v) is 9.38. The van der Waals surface area contributed by atoms with Crippen molar-refractivity contribution in [1.29, 1.82) is 0 Å². The van der Waals surface area contributed by atoms with Gasteiger partial charge in [-0.2, -0.15) is 0 Å². The van der Waals surface area contributed by atoms with Gasteiger partial charge in [0.25, 0.3) is 0 Å². The van der Waals surface area contributed by atoms with Crippen molar-refractivity contribution >= 4 is 56.9 Å². The van der Waals surface area contributed by atoms with E-state index in [-0.39, 0.29) is 24.4 Å². The Morgan fingerprint density at radius 2 is 1.96 bits per heavy atom. The minimum atomic E-state index is 0. The molecule has 1 atom stereocenters. The maximum absolute atomic E-state index is 12.6. The first-order valence-electron chi connectivity index (χ1n) is 10.2. The number of carbonyl (C=O) groups excluding carboxylic acids is 1. The second kappa shape index (κ2) is 12.1. The molecule has 1 saturated carbocycles. The number of unbranched alkanes of at least 4 members (excludes halogenated alkanes) is 1. The third-order valence-corrected chi connectivity index (χ3v) is 6.94. The highest BCUT2D eigenvalue weighted by Gasteiger charge is 2.32. The number of amides is 1. The van der Waals surface area contributed by atoms with Crippen LogP contribution < -0.4 is 5.32 Å². The summed E-state index contributed by atoms with van der Waals surface area (Å²) in [6.07, 6.45) is 9.25. The van der Waals surface area contributed by atoms with Crippen LogP contribution in [0.4, 0.5) is 5.69 Å². The number of aliphatic imine (C=N–C) groups is 1. The molecule has 3 rings (SSSR count). The van der Waals surface area contributed by atoms with Crippen molar-refractivity contribution in [2.75, 3.05) is 17.6 Å². The van der Waals surface area contributed by atoms with E-state index in [9.17, 15) is 4.79 Å². The molecule has 1 aliphatic heterocycles. The highest BCUT2D eigenvalue weighted by Crippen LogP contribution is 2.30. The van der Waals surface area contributed by atoms with Gasteiger partial charge in [-0.1, -0.05) is 60.3 Å². The van der Waals surface area contributed by atoms with Crippen molar-refractivity contribution in [3.63, 3.8) is 0 Å². The Bertz CT molecular complexity index is 650. The molecule has 1 aromatic carbocycles. The van der Waals surface area contributed by atoms with Crippen LogP contribution in [-0.4, -0.2) is 40.4 Å². The summed E-state index contributed by atoms with van der Waals surface area (Å²) in [5.41, 5.74) is 0.852. The van der Waals surface area contributed by atoms with Gasteiger partial charge >= 0.3 is 0 Å². The van der Waals surface area contributed by atoms with E-state index in [1.807, 2.05) is 36.0 Å². The first kappa shape index (κ1) is 23.6. The lowest BCUT2D eigenvalue weighted by Crippen LogP contribution is -2.38. The molecule has 7 heteroatoms. The van der Waals surface area contributed by atoms with Crippen LogP contribution in [0.25, 0.3) is 0 Å². The SMILES string of the molecule is CCCCN1/C(=N/C2CCCCC2)SCC1CC(=O)Nc1ccc(Br)cc1.Cl. The Kier molecular flexibility index (Phi) is 10.2. The van der Waals surface area contributed by atoms with Crippen LogP contribution in [-0.2, 0) is 4.79 Å². The van der Waals surface area contributed by atoms with E-state index < -0.39 is 0 Å². The summed E-state index contributed by atoms with van der Waals surface area (Å²) in [6, 6.07) is 8.49. The third-order valence-electron chi connectivity index (χ3n) is 5.26. The molecule has 0 aromatic heterocycles. The van der Waals surface area contributed by atoms with Crippen LogP contribution in [0, 0.1) is 0 Å². The monoisotopic (exact) mass is 487 g/mol. The Labute approximate surface area is 187 Å². The fourth-order valence-electron chi connectivity index (χ4n) is 3.71. The minimum Gasteiger partial charge on any atom is -0.347 e. The summed E-state index contributed by atoms with van der Waals surface area (Å²) < 4.78 is 1.02. The van der Waals surface area contributed by atoms with Gasteiger partial charge < -0.3 is 10.2 Å². The fraction of sp³-hybridized carbons (Fsp3) is 0.619. The van der Waals surface area contributed by atoms with Gasteiger partial charge in [0.2, 0.25) is 5.91 Å². The zero-order chi connectivity index (χ0) is 19.1. The zero-order valence-electron chi connectivity index (χ0n) is 16.5. The molecular formula is C21H31BrClN3OS. The van der Waals surface area contributed by atoms with E-state index >= 15 is 0 Å². The molecule has 0 radical (unpaired) electrons. The Hall–Kier alpha value is -0.720. The van der Waals surface area contributed by atoms with Crippen molar-refractivity contribution < 1.29 is 4.79 Å². The normalized spacial score (nSPS) is 21.6. The van der Waals surface area contributed by atoms with Crippen LogP contribution in [0.3, 0.4) is 0 Å². The number of nitrogens with zero attached hydrogens (tertiary/aromatic N) is 2. The van der Waals surface area contributed by atoms with Gasteiger partial charge in [0.05, 0.1) is 6.04 Å². The standard InChI is InChI=1S/C21H30BrN3OS.ClH/c1-2-3-13-25-19(14-20(26)23-18-11-9-16(22)10-12-18)15-27-21(25)24-17-7-5-4-6-8-17;/h9-12,17,19H,2-8,13-15H2,1H3,(H,23,26);1H/b24-21-;. The predicted octanol–water partition coefficient (Wildman–Crippen LogP) is 6.11. The lowest BCUT2D eigenvalue weighted by Gasteiger charge is -2.27. The first-order chi connectivity index (χ1) is 13.2. The number of carbonyl (C=O) groups is 1. The average molecular weight is 489 g/mol. The van der Waals surface area contributed by atoms with Gasteiger partial charge in [-0.25, -0.2) is 0 Å². The second-order valence-electron chi connectivity index (χ2n) is 7.47. The predicted molar refractivity (Wildman–Crippen MR) is 127 cm³/mol. The molecule has 1 amide bonds. The molecular weight excluding hydrogens is 458 g/mol. The molecule has 1 unspecified atom stereocenters. The largest absolute Gasteiger partial charge is 0.347 e. The van der Waals surface area contributed by atoms with E-state index in [2.05, 4.69) is 33.1 Å². The van der Waals surface area contributed by atoms with E-state index in [4.69, 9.17) is 4.99 Å². The lowest BCUT2D eigenvalue weighted by molar-refractivity contribution is -0.116. The highest BCUT2D eigenvalue weighted by atomic mass is 79.9. The van der Waals surface area contributed by atoms with Gasteiger partial charge in [-0.3, -0.25) is 9.79 Å². The van der Waals surface area contributed by atoms with E-state index in [0.29, 0.717) is 12.5 Å². The Balaban J connectivity index is 0.00000280. The number of benzene rings is 1. The number of anilines is 1. The lowest BCUT2D eigenvalue weighted by atomic mass is 9.96. The molecule has 0 spiro atoms. The van der Waals surface area contributed by atoms with Crippen molar-refractivity contribution in [2.45, 2.75) is 70.4 Å². The Morgan fingerprint density at radius 1 is 1.25 bits per heavy atom. The summed E-state index contributed by atoms with van der Waals surface area (Å²) >= 11 is 5.27. The van der Waals surface area contributed by atoms with Crippen molar-refractivity contribution in [1.82, 2.24) is 4.90 Å². The van der Waals surface area contributed by atoms with Crippen LogP contribution in [0.15, 0.2) is 33.7 Å². The average Bonchev–Trinajstić information content (AvgIpc) is 3.03. The molecule has 4 nitrogen and oxygen atoms in total. The maximum Gasteiger partial charge on any atom is 0.226 e. The fourth-order valence-corrected chi connectivity index (χ4v) is 5.25. The molecule has 1 heterocycles. The maximum atomic E-state index is 12.6. The summed E-state index contributed by atoms with van der Waals surface area (Å²) in [4.78, 5) is 20.1. The van der Waals surface area contributed by atoms with Crippen LogP contribution in [0.1, 0.15) is 58.3 Å². The summed E-state index contributed by atoms with van der Waals surface area (Å²) in [7, 11) is 0. The van der Waals surface area contributed by atoms with Crippen molar-refractivity contribution in [2.24, 2.45) is 4.99 Å². The number of halogens is 2. The van der Waals surface area contributed by atoms with Gasteiger partial charge in [0, 0.05) is 34.9 Å². The summed E-state index contributed by atoms with van der Waals surface area (Å²) in [5, 5.41) is 4.21. The molecule has 28 heavy (non-hydrogen) atoms. The molecule has 1 saturated heterocycles. The molecule has 1 N–H and O–H groups in total. The number of hydrogen-bond donors (Lipinski definition) is 1. The zero-order valence-corrected chi connectivity index (χ0v) is 19.8. The number of amidine groups is 1. The Morgan fingerprint density at radius 3 is 2.64 bits per heavy atom. The molecule has 2 fully saturated rings. The van der Waals surface area contributed by atoms with Crippen molar-refractivity contribution in [3.8, 4) is 0 Å². The van der Waals surface area contributed by atoms with Gasteiger partial charge in [0.1, 0.15) is 0 Å². The van der Waals surface area contributed by atoms with E-state index in [1.54, 1.807) is 0 Å². The summed E-state index contributed by atoms with van der Waals surface area (Å²) in [6.45, 7) is 3.22. The molecule has 1 aliphatic carbocycles. The topological polar surface area (TPSA) is 44.7 Å². The van der Waals surface area contributed by atoms with Gasteiger partial charge in [0.15, 0.2) is 5.17 Å². The number of rotatable bonds is 7. The number of thioether (sulfide) groups is 1. The third kappa shape index (κ3) is 6.96. The van der Waals surface area contributed by atoms with E-state index in [0.717, 1.165) is 35.3 Å². The quantitative estimate of drug-likeness (QED) is 0.504. The van der Waals surface area contributed by atoms with E-state index in [1.165, 1.54) is 37.3 Å². The molecule has 2 aliphatic rings. The minimum absolute atomic E-state index is 0. The van der Waals surface area contributed by atoms with Gasteiger partial charge in [-0.15, -0.1) is 12.4 Å². The number of nitrogens with one attached hydrogen (secondary N) is 1. The van der Waals surface area contributed by atoms with Crippen LogP contribution in [0.2, 0.25) is 0 Å². The number of hydrogen-bond acceptors (Lipinski definition) is 3. The molecule has 156 valence electrons. The summed E-state index contributed by atoms with van der Waals surface area (Å²) in [5.74, 6) is 1.05. The molecule has 0 bridgehead atoms. The van der Waals surface area contributed by atoms with Gasteiger partial charge in [-0.05, 0) is 43.5 Å². The first-order valence-corrected chi connectivity index (χ1v) is 12.0. The molecule has 1 aromatic rings. The van der Waals surface area contributed by atoms with Crippen molar-refractivity contribution in [3.05, 3.63) is 28.7 Å². The van der Waals surface area contributed by atoms with Crippen LogP contribution >= 0.6 is 40.1 Å². The highest BCUT2D eigenvalue weighted by molar-refractivity contribution is 9.10. The van der Waals surface area contributed by atoms with Crippen LogP contribution in [0.5, 0.6) is 0 Å².